The van der Waals surface area contributed by atoms with Crippen LogP contribution in [-0.4, -0.2) is 53.3 Å². The van der Waals surface area contributed by atoms with E-state index in [1.807, 2.05) is 6.92 Å². The first-order valence-electron chi connectivity index (χ1n) is 6.40. The van der Waals surface area contributed by atoms with Gasteiger partial charge in [-0.1, -0.05) is 6.92 Å². The Morgan fingerprint density at radius 2 is 2.16 bits per heavy atom. The van der Waals surface area contributed by atoms with Crippen LogP contribution in [0.25, 0.3) is 0 Å². The lowest BCUT2D eigenvalue weighted by atomic mass is 9.98. The minimum absolute atomic E-state index is 0.157. The maximum atomic E-state index is 9.75. The van der Waals surface area contributed by atoms with E-state index < -0.39 is 11.6 Å². The van der Waals surface area contributed by atoms with E-state index in [0.29, 0.717) is 18.8 Å². The van der Waals surface area contributed by atoms with Gasteiger partial charge in [-0.25, -0.2) is 0 Å². The van der Waals surface area contributed by atoms with E-state index >= 15 is 0 Å². The molecule has 1 rings (SSSR count). The predicted octanol–water partition coefficient (Wildman–Crippen LogP) is -0.120. The van der Waals surface area contributed by atoms with Crippen molar-refractivity contribution in [1.82, 2.24) is 5.32 Å². The second-order valence-electron chi connectivity index (χ2n) is 4.58. The fourth-order valence-corrected chi connectivity index (χ4v) is 1.59. The monoisotopic (exact) mass is 273 g/mol. The lowest BCUT2D eigenvalue weighted by Crippen LogP contribution is -2.53. The normalized spacial score (nSPS) is 13.7. The van der Waals surface area contributed by atoms with Crippen molar-refractivity contribution in [3.8, 4) is 0 Å². The first-order chi connectivity index (χ1) is 9.15. The molecule has 19 heavy (non-hydrogen) atoms. The number of hydrogen-bond acceptors (Lipinski definition) is 6. The molecular weight excluding hydrogens is 250 g/mol. The highest BCUT2D eigenvalue weighted by Crippen LogP contribution is 2.08. The van der Waals surface area contributed by atoms with Gasteiger partial charge in [0.1, 0.15) is 12.4 Å². The average Bonchev–Trinajstić information content (AvgIpc) is 2.94. The van der Waals surface area contributed by atoms with E-state index in [1.165, 1.54) is 0 Å². The minimum Gasteiger partial charge on any atom is -0.467 e. The number of aliphatic hydroxyl groups is 3. The van der Waals surface area contributed by atoms with E-state index in [2.05, 4.69) is 5.32 Å². The Bertz CT molecular complexity index is 316. The van der Waals surface area contributed by atoms with Crippen LogP contribution in [-0.2, 0) is 11.3 Å². The molecule has 1 aromatic rings. The third kappa shape index (κ3) is 5.30. The SMILES string of the molecule is CCC(CO)(CO)NC[C@@H](O)COCc1ccco1. The molecule has 0 aliphatic rings. The van der Waals surface area contributed by atoms with E-state index in [1.54, 1.807) is 18.4 Å². The molecule has 0 saturated heterocycles. The Morgan fingerprint density at radius 1 is 1.42 bits per heavy atom. The lowest BCUT2D eigenvalue weighted by molar-refractivity contribution is 0.0109. The number of ether oxygens (including phenoxy) is 1. The van der Waals surface area contributed by atoms with Crippen LogP contribution in [0.15, 0.2) is 22.8 Å². The molecule has 0 amide bonds. The van der Waals surface area contributed by atoms with Gasteiger partial charge in [-0.3, -0.25) is 0 Å². The maximum absolute atomic E-state index is 9.75. The van der Waals surface area contributed by atoms with Crippen molar-refractivity contribution >= 4 is 0 Å². The Morgan fingerprint density at radius 3 is 2.68 bits per heavy atom. The van der Waals surface area contributed by atoms with Crippen LogP contribution in [0.1, 0.15) is 19.1 Å². The summed E-state index contributed by atoms with van der Waals surface area (Å²) >= 11 is 0. The van der Waals surface area contributed by atoms with Gasteiger partial charge in [-0.15, -0.1) is 0 Å². The quantitative estimate of drug-likeness (QED) is 0.475. The van der Waals surface area contributed by atoms with Gasteiger partial charge in [0.15, 0.2) is 0 Å². The molecule has 1 aromatic heterocycles. The molecule has 6 nitrogen and oxygen atoms in total. The molecular formula is C13H23NO5. The van der Waals surface area contributed by atoms with Crippen molar-refractivity contribution in [3.63, 3.8) is 0 Å². The molecule has 0 unspecified atom stereocenters. The first kappa shape index (κ1) is 16.1. The van der Waals surface area contributed by atoms with E-state index in [0.717, 1.165) is 0 Å². The smallest absolute Gasteiger partial charge is 0.129 e. The zero-order valence-electron chi connectivity index (χ0n) is 11.2. The molecule has 6 heteroatoms. The molecule has 0 radical (unpaired) electrons. The summed E-state index contributed by atoms with van der Waals surface area (Å²) in [5, 5.41) is 31.2. The van der Waals surface area contributed by atoms with Crippen molar-refractivity contribution in [2.45, 2.75) is 31.6 Å². The predicted molar refractivity (Wildman–Crippen MR) is 69.6 cm³/mol. The van der Waals surface area contributed by atoms with Gasteiger partial charge in [-0.05, 0) is 18.6 Å². The van der Waals surface area contributed by atoms with E-state index in [9.17, 15) is 15.3 Å². The van der Waals surface area contributed by atoms with Gasteiger partial charge >= 0.3 is 0 Å². The average molecular weight is 273 g/mol. The molecule has 1 atom stereocenters. The summed E-state index contributed by atoms with van der Waals surface area (Å²) in [6, 6.07) is 3.57. The van der Waals surface area contributed by atoms with Crippen molar-refractivity contribution in [2.24, 2.45) is 0 Å². The van der Waals surface area contributed by atoms with E-state index in [4.69, 9.17) is 9.15 Å². The summed E-state index contributed by atoms with van der Waals surface area (Å²) < 4.78 is 10.4. The second-order valence-corrected chi connectivity index (χ2v) is 4.58. The van der Waals surface area contributed by atoms with Crippen LogP contribution < -0.4 is 5.32 Å². The zero-order chi connectivity index (χ0) is 14.1. The molecule has 4 N–H and O–H groups in total. The number of β-amino-alcohol motifs (C(OH)–C–C–N with tert-alkyl or cyclic N) is 1. The first-order valence-corrected chi connectivity index (χ1v) is 6.40. The molecule has 0 bridgehead atoms. The van der Waals surface area contributed by atoms with Crippen molar-refractivity contribution in [3.05, 3.63) is 24.2 Å². The van der Waals surface area contributed by atoms with Crippen LogP contribution in [0.2, 0.25) is 0 Å². The van der Waals surface area contributed by atoms with Crippen LogP contribution in [0, 0.1) is 0 Å². The number of aliphatic hydroxyl groups excluding tert-OH is 3. The van der Waals surface area contributed by atoms with Crippen molar-refractivity contribution in [2.75, 3.05) is 26.4 Å². The molecule has 1 heterocycles. The van der Waals surface area contributed by atoms with Gasteiger partial charge in [-0.2, -0.15) is 0 Å². The number of rotatable bonds is 10. The van der Waals surface area contributed by atoms with Gasteiger partial charge in [0, 0.05) is 6.54 Å². The van der Waals surface area contributed by atoms with Crippen LogP contribution >= 0.6 is 0 Å². The highest BCUT2D eigenvalue weighted by molar-refractivity contribution is 4.96. The van der Waals surface area contributed by atoms with Gasteiger partial charge in [0.05, 0.1) is 37.7 Å². The Hall–Kier alpha value is -0.920. The fourth-order valence-electron chi connectivity index (χ4n) is 1.59. The van der Waals surface area contributed by atoms with Gasteiger partial charge < -0.3 is 29.8 Å². The van der Waals surface area contributed by atoms with Crippen LogP contribution in [0.3, 0.4) is 0 Å². The Balaban J connectivity index is 2.21. The number of furan rings is 1. The molecule has 0 aliphatic heterocycles. The maximum Gasteiger partial charge on any atom is 0.129 e. The topological polar surface area (TPSA) is 95.1 Å². The highest BCUT2D eigenvalue weighted by atomic mass is 16.5. The summed E-state index contributed by atoms with van der Waals surface area (Å²) in [5.74, 6) is 0.703. The zero-order valence-corrected chi connectivity index (χ0v) is 11.2. The lowest BCUT2D eigenvalue weighted by Gasteiger charge is -2.30. The number of hydrogen-bond donors (Lipinski definition) is 4. The molecule has 0 saturated carbocycles. The standard InChI is InChI=1S/C13H23NO5/c1-2-13(9-15,10-16)14-6-11(17)7-18-8-12-4-3-5-19-12/h3-5,11,14-17H,2,6-10H2,1H3/t11-/m1/s1. The van der Waals surface area contributed by atoms with Gasteiger partial charge in [0.25, 0.3) is 0 Å². The van der Waals surface area contributed by atoms with Crippen LogP contribution in [0.5, 0.6) is 0 Å². The summed E-state index contributed by atoms with van der Waals surface area (Å²) in [4.78, 5) is 0. The van der Waals surface area contributed by atoms with Crippen LogP contribution in [0.4, 0.5) is 0 Å². The van der Waals surface area contributed by atoms with Crippen molar-refractivity contribution < 1.29 is 24.5 Å². The largest absolute Gasteiger partial charge is 0.467 e. The third-order valence-electron chi connectivity index (χ3n) is 3.13. The molecule has 0 fully saturated rings. The summed E-state index contributed by atoms with van der Waals surface area (Å²) in [7, 11) is 0. The summed E-state index contributed by atoms with van der Waals surface area (Å²) in [6.45, 7) is 2.21. The van der Waals surface area contributed by atoms with E-state index in [-0.39, 0.29) is 26.4 Å². The third-order valence-corrected chi connectivity index (χ3v) is 3.13. The second kappa shape index (κ2) is 8.29. The fraction of sp³-hybridized carbons (Fsp3) is 0.692. The molecule has 0 spiro atoms. The highest BCUT2D eigenvalue weighted by Gasteiger charge is 2.26. The minimum atomic E-state index is -0.748. The molecule has 0 aromatic carbocycles. The summed E-state index contributed by atoms with van der Waals surface area (Å²) in [6.07, 6.45) is 1.42. The Kier molecular flexibility index (Phi) is 7.04. The summed E-state index contributed by atoms with van der Waals surface area (Å²) in [5.41, 5.74) is -0.748. The molecule has 0 aliphatic carbocycles. The Labute approximate surface area is 113 Å². The molecule has 110 valence electrons. The number of nitrogens with one attached hydrogen (secondary N) is 1. The van der Waals surface area contributed by atoms with Crippen molar-refractivity contribution in [1.29, 1.82) is 0 Å². The van der Waals surface area contributed by atoms with Gasteiger partial charge in [0.2, 0.25) is 0 Å².